The van der Waals surface area contributed by atoms with Crippen LogP contribution in [-0.2, 0) is 35.4 Å². The van der Waals surface area contributed by atoms with Gasteiger partial charge >= 0.3 is 0 Å². The molecule has 1 N–H and O–H groups in total. The van der Waals surface area contributed by atoms with Gasteiger partial charge in [-0.2, -0.15) is 0 Å². The predicted octanol–water partition coefficient (Wildman–Crippen LogP) is 5.75. The van der Waals surface area contributed by atoms with E-state index in [-0.39, 0.29) is 11.8 Å². The highest BCUT2D eigenvalue weighted by Crippen LogP contribution is 2.20. The van der Waals surface area contributed by atoms with Gasteiger partial charge in [-0.3, -0.25) is 9.59 Å². The van der Waals surface area contributed by atoms with E-state index in [4.69, 9.17) is 4.74 Å². The van der Waals surface area contributed by atoms with Gasteiger partial charge in [0.1, 0.15) is 11.8 Å². The molecule has 196 valence electrons. The van der Waals surface area contributed by atoms with Gasteiger partial charge in [-0.1, -0.05) is 73.7 Å². The van der Waals surface area contributed by atoms with E-state index in [9.17, 15) is 9.59 Å². The second kappa shape index (κ2) is 13.1. The molecule has 0 saturated carbocycles. The molecule has 0 unspecified atom stereocenters. The van der Waals surface area contributed by atoms with E-state index >= 15 is 0 Å². The van der Waals surface area contributed by atoms with Gasteiger partial charge in [-0.05, 0) is 68.0 Å². The molecule has 0 fully saturated rings. The van der Waals surface area contributed by atoms with E-state index in [1.54, 1.807) is 12.0 Å². The lowest BCUT2D eigenvalue weighted by Gasteiger charge is -2.34. The Kier molecular flexibility index (Phi) is 9.90. The summed E-state index contributed by atoms with van der Waals surface area (Å²) in [5.74, 6) is 0.520. The van der Waals surface area contributed by atoms with Crippen molar-refractivity contribution in [2.75, 3.05) is 7.11 Å². The SMILES string of the molecule is CCc1ccc(CCC(=O)N(Cc2cccc(OC)c2)[C@H](Cc2ccccc2)C(=O)NC(C)(C)C)cc1. The van der Waals surface area contributed by atoms with Crippen LogP contribution in [0.3, 0.4) is 0 Å². The Morgan fingerprint density at radius 1 is 0.865 bits per heavy atom. The van der Waals surface area contributed by atoms with Crippen molar-refractivity contribution in [1.29, 1.82) is 0 Å². The zero-order valence-electron chi connectivity index (χ0n) is 22.8. The van der Waals surface area contributed by atoms with E-state index in [0.29, 0.717) is 25.8 Å². The first-order valence-corrected chi connectivity index (χ1v) is 13.0. The first-order chi connectivity index (χ1) is 17.7. The van der Waals surface area contributed by atoms with Crippen LogP contribution in [-0.4, -0.2) is 35.4 Å². The highest BCUT2D eigenvalue weighted by molar-refractivity contribution is 5.88. The molecule has 2 amide bonds. The minimum absolute atomic E-state index is 0.0487. The largest absolute Gasteiger partial charge is 0.497 e. The van der Waals surface area contributed by atoms with Crippen LogP contribution in [0.15, 0.2) is 78.9 Å². The van der Waals surface area contributed by atoms with Crippen molar-refractivity contribution in [2.45, 2.75) is 71.5 Å². The topological polar surface area (TPSA) is 58.6 Å². The molecule has 0 spiro atoms. The van der Waals surface area contributed by atoms with Crippen LogP contribution in [0.25, 0.3) is 0 Å². The molecule has 0 heterocycles. The fourth-order valence-corrected chi connectivity index (χ4v) is 4.31. The van der Waals surface area contributed by atoms with Gasteiger partial charge < -0.3 is 15.0 Å². The second-order valence-corrected chi connectivity index (χ2v) is 10.5. The second-order valence-electron chi connectivity index (χ2n) is 10.5. The smallest absolute Gasteiger partial charge is 0.243 e. The number of nitrogens with one attached hydrogen (secondary N) is 1. The fraction of sp³-hybridized carbons (Fsp3) is 0.375. The maximum absolute atomic E-state index is 13.8. The van der Waals surface area contributed by atoms with Gasteiger partial charge in [0.05, 0.1) is 7.11 Å². The number of aryl methyl sites for hydroxylation is 2. The molecule has 0 radical (unpaired) electrons. The van der Waals surface area contributed by atoms with Crippen LogP contribution in [0.2, 0.25) is 0 Å². The Balaban J connectivity index is 1.92. The van der Waals surface area contributed by atoms with Crippen LogP contribution in [0, 0.1) is 0 Å². The number of benzene rings is 3. The van der Waals surface area contributed by atoms with Crippen LogP contribution in [0.5, 0.6) is 5.75 Å². The Hall–Kier alpha value is -3.60. The average molecular weight is 501 g/mol. The lowest BCUT2D eigenvalue weighted by atomic mass is 9.99. The number of amides is 2. The summed E-state index contributed by atoms with van der Waals surface area (Å²) in [6.45, 7) is 8.32. The molecule has 0 aromatic heterocycles. The molecular weight excluding hydrogens is 460 g/mol. The third kappa shape index (κ3) is 8.78. The molecule has 0 bridgehead atoms. The summed E-state index contributed by atoms with van der Waals surface area (Å²) in [5.41, 5.74) is 3.90. The average Bonchev–Trinajstić information content (AvgIpc) is 2.89. The highest BCUT2D eigenvalue weighted by atomic mass is 16.5. The summed E-state index contributed by atoms with van der Waals surface area (Å²) < 4.78 is 5.41. The zero-order chi connectivity index (χ0) is 26.8. The zero-order valence-corrected chi connectivity index (χ0v) is 22.8. The number of methoxy groups -OCH3 is 1. The molecule has 3 aromatic rings. The quantitative estimate of drug-likeness (QED) is 0.365. The van der Waals surface area contributed by atoms with Crippen LogP contribution < -0.4 is 10.1 Å². The van der Waals surface area contributed by atoms with E-state index < -0.39 is 11.6 Å². The number of hydrogen-bond acceptors (Lipinski definition) is 3. The number of hydrogen-bond donors (Lipinski definition) is 1. The van der Waals surface area contributed by atoms with Gasteiger partial charge in [0, 0.05) is 24.9 Å². The molecule has 3 aromatic carbocycles. The predicted molar refractivity (Wildman–Crippen MR) is 150 cm³/mol. The molecule has 0 saturated heterocycles. The molecular formula is C32H40N2O3. The van der Waals surface area contributed by atoms with Crippen LogP contribution in [0.4, 0.5) is 0 Å². The summed E-state index contributed by atoms with van der Waals surface area (Å²) in [5, 5.41) is 3.11. The van der Waals surface area contributed by atoms with E-state index in [2.05, 4.69) is 36.5 Å². The van der Waals surface area contributed by atoms with Gasteiger partial charge in [-0.15, -0.1) is 0 Å². The maximum atomic E-state index is 13.8. The fourth-order valence-electron chi connectivity index (χ4n) is 4.31. The number of carbonyl (C=O) groups is 2. The summed E-state index contributed by atoms with van der Waals surface area (Å²) in [6.07, 6.45) is 2.36. The van der Waals surface area contributed by atoms with Crippen molar-refractivity contribution in [2.24, 2.45) is 0 Å². The summed E-state index contributed by atoms with van der Waals surface area (Å²) in [7, 11) is 1.63. The molecule has 3 rings (SSSR count). The number of rotatable bonds is 11. The number of nitrogens with zero attached hydrogens (tertiary/aromatic N) is 1. The van der Waals surface area contributed by atoms with E-state index in [0.717, 1.165) is 28.9 Å². The first kappa shape index (κ1) is 28.0. The molecule has 5 nitrogen and oxygen atoms in total. The number of carbonyl (C=O) groups excluding carboxylic acids is 2. The van der Waals surface area contributed by atoms with Gasteiger partial charge in [0.2, 0.25) is 11.8 Å². The number of ether oxygens (including phenoxy) is 1. The standard InChI is InChI=1S/C32H40N2O3/c1-6-24-15-17-25(18-16-24)19-20-30(35)34(23-27-13-10-14-28(21-27)37-5)29(31(36)33-32(2,3)4)22-26-11-8-7-9-12-26/h7-18,21,29H,6,19-20,22-23H2,1-5H3,(H,33,36)/t29-/m1/s1. The van der Waals surface area contributed by atoms with Crippen molar-refractivity contribution in [1.82, 2.24) is 10.2 Å². The van der Waals surface area contributed by atoms with Crippen molar-refractivity contribution < 1.29 is 14.3 Å². The molecule has 0 aliphatic heterocycles. The Morgan fingerprint density at radius 2 is 1.51 bits per heavy atom. The van der Waals surface area contributed by atoms with E-state index in [1.165, 1.54) is 5.56 Å². The van der Waals surface area contributed by atoms with Crippen LogP contribution in [0.1, 0.15) is 56.4 Å². The first-order valence-electron chi connectivity index (χ1n) is 13.0. The molecule has 0 aliphatic rings. The molecule has 37 heavy (non-hydrogen) atoms. The van der Waals surface area contributed by atoms with Crippen molar-refractivity contribution in [3.63, 3.8) is 0 Å². The minimum Gasteiger partial charge on any atom is -0.497 e. The summed E-state index contributed by atoms with van der Waals surface area (Å²) in [4.78, 5) is 29.2. The van der Waals surface area contributed by atoms with Gasteiger partial charge in [-0.25, -0.2) is 0 Å². The highest BCUT2D eigenvalue weighted by Gasteiger charge is 2.32. The Morgan fingerprint density at radius 3 is 2.14 bits per heavy atom. The minimum atomic E-state index is -0.650. The molecule has 1 atom stereocenters. The molecule has 0 aliphatic carbocycles. The van der Waals surface area contributed by atoms with Crippen molar-refractivity contribution in [3.05, 3.63) is 101 Å². The monoisotopic (exact) mass is 500 g/mol. The van der Waals surface area contributed by atoms with Crippen molar-refractivity contribution in [3.8, 4) is 5.75 Å². The third-order valence-corrected chi connectivity index (χ3v) is 6.32. The third-order valence-electron chi connectivity index (χ3n) is 6.32. The normalized spacial score (nSPS) is 12.0. The Bertz CT molecular complexity index is 1150. The van der Waals surface area contributed by atoms with Crippen LogP contribution >= 0.6 is 0 Å². The summed E-state index contributed by atoms with van der Waals surface area (Å²) in [6, 6.07) is 25.3. The van der Waals surface area contributed by atoms with Gasteiger partial charge in [0.15, 0.2) is 0 Å². The Labute approximate surface area is 221 Å². The lowest BCUT2D eigenvalue weighted by Crippen LogP contribution is -2.54. The maximum Gasteiger partial charge on any atom is 0.243 e. The molecule has 5 heteroatoms. The van der Waals surface area contributed by atoms with Crippen molar-refractivity contribution >= 4 is 11.8 Å². The summed E-state index contributed by atoms with van der Waals surface area (Å²) >= 11 is 0. The lowest BCUT2D eigenvalue weighted by molar-refractivity contribution is -0.141. The van der Waals surface area contributed by atoms with Gasteiger partial charge in [0.25, 0.3) is 0 Å². The van der Waals surface area contributed by atoms with E-state index in [1.807, 2.05) is 75.4 Å².